The highest BCUT2D eigenvalue weighted by molar-refractivity contribution is 4.88. The van der Waals surface area contributed by atoms with Gasteiger partial charge < -0.3 is 4.57 Å². The molecule has 0 aromatic carbocycles. The fourth-order valence-electron chi connectivity index (χ4n) is 0.335. The predicted molar refractivity (Wildman–Crippen MR) is 25.4 cm³/mol. The summed E-state index contributed by atoms with van der Waals surface area (Å²) in [5, 5.41) is 0. The van der Waals surface area contributed by atoms with Crippen molar-refractivity contribution in [3.05, 3.63) is 24.5 Å². The summed E-state index contributed by atoms with van der Waals surface area (Å²) >= 11 is 0. The third kappa shape index (κ3) is 0.432. The molecular formula is C5H7N. The van der Waals surface area contributed by atoms with Gasteiger partial charge in [-0.15, -0.1) is 0 Å². The molecule has 1 aromatic heterocycles. The minimum atomic E-state index is -2.01. The molecule has 32 valence electrons. The van der Waals surface area contributed by atoms with Gasteiger partial charge in [0.05, 0.1) is 0 Å². The highest BCUT2D eigenvalue weighted by atomic mass is 14.9. The van der Waals surface area contributed by atoms with Gasteiger partial charge in [-0.3, -0.25) is 0 Å². The summed E-state index contributed by atoms with van der Waals surface area (Å²) in [7, 11) is 0. The molecular weight excluding hydrogens is 74.1 g/mol. The Bertz CT molecular complexity index is 175. The molecule has 0 fully saturated rings. The molecule has 1 heteroatoms. The second kappa shape index (κ2) is 1.17. The second-order valence-corrected chi connectivity index (χ2v) is 1.09. The van der Waals surface area contributed by atoms with Crippen molar-refractivity contribution in [1.29, 1.82) is 0 Å². The van der Waals surface area contributed by atoms with Crippen LogP contribution >= 0.6 is 0 Å². The normalized spacial score (nSPS) is 18.3. The van der Waals surface area contributed by atoms with Crippen LogP contribution in [0, 0.1) is 0 Å². The molecule has 0 saturated heterocycles. The first-order valence-electron chi connectivity index (χ1n) is 3.24. The minimum Gasteiger partial charge on any atom is -0.357 e. The van der Waals surface area contributed by atoms with Crippen LogP contribution in [0.3, 0.4) is 0 Å². The van der Waals surface area contributed by atoms with Gasteiger partial charge in [0.2, 0.25) is 0 Å². The van der Waals surface area contributed by atoms with Gasteiger partial charge in [-0.1, -0.05) is 0 Å². The highest BCUT2D eigenvalue weighted by Crippen LogP contribution is 1.80. The number of aryl methyl sites for hydroxylation is 1. The van der Waals surface area contributed by atoms with Crippen molar-refractivity contribution in [3.63, 3.8) is 0 Å². The van der Waals surface area contributed by atoms with Gasteiger partial charge >= 0.3 is 0 Å². The van der Waals surface area contributed by atoms with E-state index < -0.39 is 6.98 Å². The molecule has 1 aromatic rings. The summed E-state index contributed by atoms with van der Waals surface area (Å²) in [5.41, 5.74) is 0. The molecule has 0 radical (unpaired) electrons. The SMILES string of the molecule is [2H]C([2H])([2H])n1cccc1. The molecule has 0 aliphatic carbocycles. The quantitative estimate of drug-likeness (QED) is 0.442. The van der Waals surface area contributed by atoms with Crippen LogP contribution in [0.4, 0.5) is 0 Å². The fraction of sp³-hybridized carbons (Fsp3) is 0.200. The minimum absolute atomic E-state index is 1.19. The zero-order valence-corrected chi connectivity index (χ0v) is 3.26. The Kier molecular flexibility index (Phi) is 0.275. The van der Waals surface area contributed by atoms with Crippen molar-refractivity contribution < 1.29 is 4.11 Å². The zero-order chi connectivity index (χ0) is 6.91. The van der Waals surface area contributed by atoms with Crippen LogP contribution < -0.4 is 0 Å². The van der Waals surface area contributed by atoms with Crippen molar-refractivity contribution >= 4 is 0 Å². The van der Waals surface area contributed by atoms with Crippen LogP contribution in [0.1, 0.15) is 4.11 Å². The summed E-state index contributed by atoms with van der Waals surface area (Å²) in [5.74, 6) is 0. The first-order valence-corrected chi connectivity index (χ1v) is 1.74. The molecule has 0 unspecified atom stereocenters. The molecule has 0 amide bonds. The summed E-state index contributed by atoms with van der Waals surface area (Å²) in [6.45, 7) is -2.01. The maximum Gasteiger partial charge on any atom is 0.0460 e. The van der Waals surface area contributed by atoms with E-state index in [1.807, 2.05) is 0 Å². The molecule has 0 aliphatic rings. The van der Waals surface area contributed by atoms with E-state index in [9.17, 15) is 0 Å². The summed E-state index contributed by atoms with van der Waals surface area (Å²) in [4.78, 5) is 0. The molecule has 0 atom stereocenters. The maximum atomic E-state index is 6.89. The van der Waals surface area contributed by atoms with Gasteiger partial charge in [0.1, 0.15) is 0 Å². The van der Waals surface area contributed by atoms with E-state index in [0.717, 1.165) is 0 Å². The van der Waals surface area contributed by atoms with E-state index in [1.54, 1.807) is 12.1 Å². The Morgan fingerprint density at radius 1 is 1.50 bits per heavy atom. The smallest absolute Gasteiger partial charge is 0.0460 e. The van der Waals surface area contributed by atoms with Crippen molar-refractivity contribution in [1.82, 2.24) is 4.57 Å². The van der Waals surface area contributed by atoms with E-state index in [-0.39, 0.29) is 0 Å². The Morgan fingerprint density at radius 3 is 2.50 bits per heavy atom. The maximum absolute atomic E-state index is 6.89. The summed E-state index contributed by atoms with van der Waals surface area (Å²) in [6, 6.07) is 3.37. The standard InChI is InChI=1S/C5H7N/c1-6-4-2-3-5-6/h2-5H,1H3/i1D3. The second-order valence-electron chi connectivity index (χ2n) is 1.09. The van der Waals surface area contributed by atoms with Crippen molar-refractivity contribution in [2.45, 2.75) is 0 Å². The Balaban J connectivity index is 2.90. The highest BCUT2D eigenvalue weighted by Gasteiger charge is 1.68. The lowest BCUT2D eigenvalue weighted by Crippen LogP contribution is -1.75. The fourth-order valence-corrected chi connectivity index (χ4v) is 0.335. The van der Waals surface area contributed by atoms with Gasteiger partial charge in [0, 0.05) is 23.5 Å². The third-order valence-corrected chi connectivity index (χ3v) is 0.604. The van der Waals surface area contributed by atoms with Crippen LogP contribution in [-0.2, 0) is 6.98 Å². The molecule has 1 nitrogen and oxygen atoms in total. The largest absolute Gasteiger partial charge is 0.357 e. The van der Waals surface area contributed by atoms with Gasteiger partial charge in [0.25, 0.3) is 0 Å². The third-order valence-electron chi connectivity index (χ3n) is 0.604. The molecule has 0 spiro atoms. The molecule has 0 saturated carbocycles. The average molecular weight is 84.1 g/mol. The van der Waals surface area contributed by atoms with Crippen LogP contribution in [0.15, 0.2) is 24.5 Å². The van der Waals surface area contributed by atoms with Crippen LogP contribution in [0.2, 0.25) is 0 Å². The number of hydrogen-bond donors (Lipinski definition) is 0. The molecule has 6 heavy (non-hydrogen) atoms. The van der Waals surface area contributed by atoms with Crippen LogP contribution in [-0.4, -0.2) is 4.57 Å². The van der Waals surface area contributed by atoms with E-state index in [2.05, 4.69) is 0 Å². The first kappa shape index (κ1) is 1.41. The van der Waals surface area contributed by atoms with Crippen molar-refractivity contribution in [3.8, 4) is 0 Å². The average Bonchev–Trinajstić information content (AvgIpc) is 2.08. The van der Waals surface area contributed by atoms with E-state index in [4.69, 9.17) is 4.11 Å². The lowest BCUT2D eigenvalue weighted by molar-refractivity contribution is 0.928. The van der Waals surface area contributed by atoms with Gasteiger partial charge in [0.15, 0.2) is 0 Å². The number of hydrogen-bond acceptors (Lipinski definition) is 0. The summed E-state index contributed by atoms with van der Waals surface area (Å²) in [6.07, 6.45) is 3.04. The molecule has 0 bridgehead atoms. The zero-order valence-electron chi connectivity index (χ0n) is 6.26. The summed E-state index contributed by atoms with van der Waals surface area (Å²) < 4.78 is 21.8. The first-order chi connectivity index (χ1) is 4.11. The van der Waals surface area contributed by atoms with E-state index in [1.165, 1.54) is 17.0 Å². The molecule has 0 N–H and O–H groups in total. The van der Waals surface area contributed by atoms with Gasteiger partial charge in [-0.2, -0.15) is 0 Å². The number of nitrogens with zero attached hydrogens (tertiary/aromatic N) is 1. The lowest BCUT2D eigenvalue weighted by Gasteiger charge is -1.79. The number of aromatic nitrogens is 1. The molecule has 1 rings (SSSR count). The lowest BCUT2D eigenvalue weighted by atomic mass is 10.7. The van der Waals surface area contributed by atoms with Gasteiger partial charge in [-0.05, 0) is 12.1 Å². The molecule has 0 aliphatic heterocycles. The van der Waals surface area contributed by atoms with Crippen molar-refractivity contribution in [2.24, 2.45) is 6.98 Å². The number of rotatable bonds is 0. The molecule has 1 heterocycles. The Labute approximate surface area is 41.4 Å². The Morgan fingerprint density at radius 2 is 2.17 bits per heavy atom. The topological polar surface area (TPSA) is 4.93 Å². The Hall–Kier alpha value is -0.720. The van der Waals surface area contributed by atoms with Crippen molar-refractivity contribution in [2.75, 3.05) is 0 Å². The predicted octanol–water partition coefficient (Wildman–Crippen LogP) is 1.03. The monoisotopic (exact) mass is 84.1 g/mol. The van der Waals surface area contributed by atoms with Crippen LogP contribution in [0.5, 0.6) is 0 Å². The van der Waals surface area contributed by atoms with Gasteiger partial charge in [-0.25, -0.2) is 0 Å². The van der Waals surface area contributed by atoms with Crippen LogP contribution in [0.25, 0.3) is 0 Å². The van der Waals surface area contributed by atoms with E-state index >= 15 is 0 Å². The van der Waals surface area contributed by atoms with E-state index in [0.29, 0.717) is 0 Å².